The third-order valence-corrected chi connectivity index (χ3v) is 0.167. The van der Waals surface area contributed by atoms with E-state index in [-0.39, 0.29) is 34.1 Å². The van der Waals surface area contributed by atoms with Gasteiger partial charge in [0.05, 0.1) is 11.9 Å². The molecule has 0 amide bonds. The number of carboxylic acid groups (broad SMARTS) is 2. The Morgan fingerprint density at radius 3 is 1.12 bits per heavy atom. The molecule has 0 aliphatic heterocycles. The van der Waals surface area contributed by atoms with Crippen LogP contribution in [0.15, 0.2) is 0 Å². The summed E-state index contributed by atoms with van der Waals surface area (Å²) in [6.45, 7) is 0. The van der Waals surface area contributed by atoms with Crippen LogP contribution >= 0.6 is 0 Å². The van der Waals surface area contributed by atoms with Crippen LogP contribution in [0.3, 0.4) is 0 Å². The van der Waals surface area contributed by atoms with Crippen molar-refractivity contribution in [3.8, 4) is 0 Å². The van der Waals surface area contributed by atoms with E-state index in [4.69, 9.17) is 19.8 Å². The first-order valence-corrected chi connectivity index (χ1v) is 1.07. The zero-order valence-electron chi connectivity index (χ0n) is 3.31. The molecule has 0 saturated carbocycles. The Labute approximate surface area is 66.2 Å². The van der Waals surface area contributed by atoms with Gasteiger partial charge in [-0.3, -0.25) is 0 Å². The fourth-order valence-electron chi connectivity index (χ4n) is 0. The summed E-state index contributed by atoms with van der Waals surface area (Å²) >= 11 is 0. The first-order chi connectivity index (χ1) is 2.64. The van der Waals surface area contributed by atoms with Crippen LogP contribution in [-0.4, -0.2) is 11.9 Å². The molecule has 0 N–H and O–H groups in total. The van der Waals surface area contributed by atoms with E-state index >= 15 is 0 Å². The first-order valence-electron chi connectivity index (χ1n) is 1.07. The van der Waals surface area contributed by atoms with Crippen LogP contribution in [0.2, 0.25) is 0 Å². The van der Waals surface area contributed by atoms with Crippen molar-refractivity contribution in [3.05, 3.63) is 0 Å². The van der Waals surface area contributed by atoms with Crippen molar-refractivity contribution in [2.24, 2.45) is 0 Å². The molecule has 0 saturated heterocycles. The molecule has 0 spiro atoms. The molecular formula is C2CuMnO4. The Morgan fingerprint density at radius 2 is 1.12 bits per heavy atom. The maximum absolute atomic E-state index is 8.93. The summed E-state index contributed by atoms with van der Waals surface area (Å²) in [7, 11) is 0. The molecule has 0 rings (SSSR count). The zero-order valence-corrected chi connectivity index (χ0v) is 5.43. The van der Waals surface area contributed by atoms with Crippen molar-refractivity contribution >= 4 is 11.9 Å². The van der Waals surface area contributed by atoms with Crippen molar-refractivity contribution in [1.82, 2.24) is 0 Å². The third-order valence-electron chi connectivity index (χ3n) is 0.167. The monoisotopic (exact) mass is 206 g/mol. The Bertz CT molecular complexity index is 80.0. The summed E-state index contributed by atoms with van der Waals surface area (Å²) in [6, 6.07) is 0. The van der Waals surface area contributed by atoms with Crippen LogP contribution < -0.4 is 10.2 Å². The molecule has 0 fully saturated rings. The number of carbonyl (C=O) groups excluding carboxylic acids is 2. The molecule has 0 heterocycles. The smallest absolute Gasteiger partial charge is 0.543 e. The average Bonchev–Trinajstić information content (AvgIpc) is 1.36. The van der Waals surface area contributed by atoms with Crippen molar-refractivity contribution < 1.29 is 53.9 Å². The normalized spacial score (nSPS) is 5.50. The topological polar surface area (TPSA) is 80.3 Å². The standard InChI is InChI=1S/C2H2O4.Cu.Mn/c3-1(4)2(5)6;;/h(H,3,4)(H,5,6);;/q;+2;/p-2. The van der Waals surface area contributed by atoms with E-state index in [0.717, 1.165) is 0 Å². The van der Waals surface area contributed by atoms with E-state index < -0.39 is 11.9 Å². The van der Waals surface area contributed by atoms with Crippen molar-refractivity contribution in [2.45, 2.75) is 0 Å². The minimum absolute atomic E-state index is 0. The average molecular weight is 207 g/mol. The van der Waals surface area contributed by atoms with Gasteiger partial charge in [0, 0.05) is 17.1 Å². The van der Waals surface area contributed by atoms with Crippen LogP contribution in [0, 0.1) is 0 Å². The number of rotatable bonds is 0. The van der Waals surface area contributed by atoms with Crippen molar-refractivity contribution in [3.63, 3.8) is 0 Å². The molecule has 2 radical (unpaired) electrons. The van der Waals surface area contributed by atoms with Crippen molar-refractivity contribution in [2.75, 3.05) is 0 Å². The van der Waals surface area contributed by atoms with Gasteiger partial charge in [-0.15, -0.1) is 0 Å². The van der Waals surface area contributed by atoms with Gasteiger partial charge in [0.15, 0.2) is 0 Å². The van der Waals surface area contributed by atoms with E-state index in [2.05, 4.69) is 0 Å². The molecule has 0 aromatic rings. The first kappa shape index (κ1) is 15.7. The van der Waals surface area contributed by atoms with E-state index in [9.17, 15) is 0 Å². The van der Waals surface area contributed by atoms with Crippen LogP contribution in [0.25, 0.3) is 0 Å². The van der Waals surface area contributed by atoms with Gasteiger partial charge in [0.1, 0.15) is 0 Å². The van der Waals surface area contributed by atoms with Gasteiger partial charge in [-0.1, -0.05) is 0 Å². The summed E-state index contributed by atoms with van der Waals surface area (Å²) in [5.74, 6) is -4.37. The van der Waals surface area contributed by atoms with E-state index in [0.29, 0.717) is 0 Å². The second-order valence-electron chi connectivity index (χ2n) is 0.575. The van der Waals surface area contributed by atoms with Gasteiger partial charge in [-0.25, -0.2) is 0 Å². The summed E-state index contributed by atoms with van der Waals surface area (Å²) in [4.78, 5) is 17.9. The Hall–Kier alpha value is -0.0210. The summed E-state index contributed by atoms with van der Waals surface area (Å²) in [5, 5.41) is 17.9. The largest absolute Gasteiger partial charge is 2.00 e. The van der Waals surface area contributed by atoms with Crippen LogP contribution in [0.1, 0.15) is 0 Å². The number of hydrogen-bond donors (Lipinski definition) is 0. The van der Waals surface area contributed by atoms with Gasteiger partial charge in [0.2, 0.25) is 0 Å². The predicted octanol–water partition coefficient (Wildman–Crippen LogP) is -3.52. The molecule has 0 aromatic carbocycles. The molecule has 0 aliphatic carbocycles. The molecule has 0 aliphatic rings. The Kier molecular flexibility index (Phi) is 13.7. The minimum Gasteiger partial charge on any atom is -0.543 e. The Morgan fingerprint density at radius 1 is 1.00 bits per heavy atom. The van der Waals surface area contributed by atoms with Crippen LogP contribution in [-0.2, 0) is 43.7 Å². The SMILES string of the molecule is O=C([O-])C(=O)[O-].[Cu+2].[Mn]. The quantitative estimate of drug-likeness (QED) is 0.304. The second-order valence-corrected chi connectivity index (χ2v) is 0.575. The van der Waals surface area contributed by atoms with E-state index in [1.807, 2.05) is 0 Å². The van der Waals surface area contributed by atoms with Gasteiger partial charge in [-0.05, 0) is 0 Å². The maximum Gasteiger partial charge on any atom is 2.00 e. The number of carboxylic acids is 2. The zero-order chi connectivity index (χ0) is 5.15. The summed E-state index contributed by atoms with van der Waals surface area (Å²) < 4.78 is 0. The van der Waals surface area contributed by atoms with Crippen molar-refractivity contribution in [1.29, 1.82) is 0 Å². The molecule has 6 heteroatoms. The summed E-state index contributed by atoms with van der Waals surface area (Å²) in [5.41, 5.74) is 0. The fraction of sp³-hybridized carbons (Fsp3) is 0. The van der Waals surface area contributed by atoms with Crippen LogP contribution in [0.5, 0.6) is 0 Å². The molecule has 8 heavy (non-hydrogen) atoms. The van der Waals surface area contributed by atoms with Gasteiger partial charge >= 0.3 is 17.1 Å². The minimum atomic E-state index is -2.19. The van der Waals surface area contributed by atoms with Gasteiger partial charge < -0.3 is 19.8 Å². The maximum atomic E-state index is 8.93. The molecule has 0 aromatic heterocycles. The predicted molar refractivity (Wildman–Crippen MR) is 10.0 cm³/mol. The molecular weight excluding hydrogens is 207 g/mol. The molecule has 0 bridgehead atoms. The third kappa shape index (κ3) is 9.36. The second kappa shape index (κ2) is 6.98. The van der Waals surface area contributed by atoms with Gasteiger partial charge in [0.25, 0.3) is 0 Å². The Balaban J connectivity index is -0.000000125. The number of aliphatic carboxylic acids is 2. The molecule has 0 unspecified atom stereocenters. The fourth-order valence-corrected chi connectivity index (χ4v) is 0. The van der Waals surface area contributed by atoms with Crippen LogP contribution in [0.4, 0.5) is 0 Å². The van der Waals surface area contributed by atoms with E-state index in [1.165, 1.54) is 0 Å². The molecule has 0 atom stereocenters. The number of hydrogen-bond acceptors (Lipinski definition) is 4. The summed E-state index contributed by atoms with van der Waals surface area (Å²) in [6.07, 6.45) is 0. The number of carbonyl (C=O) groups is 2. The molecule has 4 nitrogen and oxygen atoms in total. The molecule has 50 valence electrons. The van der Waals surface area contributed by atoms with Gasteiger partial charge in [-0.2, -0.15) is 0 Å². The van der Waals surface area contributed by atoms with E-state index in [1.54, 1.807) is 0 Å².